The highest BCUT2D eigenvalue weighted by molar-refractivity contribution is 5.94. The van der Waals surface area contributed by atoms with Gasteiger partial charge < -0.3 is 21.3 Å². The smallest absolute Gasteiger partial charge is 0.271 e. The molecule has 38 heavy (non-hydrogen) atoms. The van der Waals surface area contributed by atoms with Crippen LogP contribution >= 0.6 is 0 Å². The van der Waals surface area contributed by atoms with E-state index >= 15 is 0 Å². The van der Waals surface area contributed by atoms with Crippen molar-refractivity contribution >= 4 is 33.6 Å². The molecule has 0 saturated heterocycles. The van der Waals surface area contributed by atoms with Gasteiger partial charge in [0.25, 0.3) is 5.91 Å². The number of amides is 2. The molecule has 2 amide bonds. The van der Waals surface area contributed by atoms with Crippen LogP contribution < -0.4 is 11.1 Å². The Hall–Kier alpha value is -3.88. The number of carbonyl (C=O) groups is 2. The maximum atomic E-state index is 13.3. The van der Waals surface area contributed by atoms with Crippen LogP contribution in [0.3, 0.4) is 0 Å². The fraction of sp³-hybridized carbons (Fsp3) is 0.333. The molecule has 3 atom stereocenters. The molecule has 0 fully saturated rings. The van der Waals surface area contributed by atoms with E-state index in [0.717, 1.165) is 16.3 Å². The van der Waals surface area contributed by atoms with Crippen LogP contribution in [0.1, 0.15) is 49.2 Å². The average Bonchev–Trinajstić information content (AvgIpc) is 2.89. The highest BCUT2D eigenvalue weighted by Gasteiger charge is 2.29. The van der Waals surface area contributed by atoms with E-state index in [1.54, 1.807) is 19.9 Å². The SMILES string of the molecule is CC(C)(O)CC[C@H](C[C@H](O)[C@H](Cc1cccc2ccccc12)NC(=O)c1cnc2ccccc2n1)C(N)=O. The number of rotatable bonds is 11. The number of primary amides is 1. The van der Waals surface area contributed by atoms with Crippen LogP contribution in [0.25, 0.3) is 21.8 Å². The number of fused-ring (bicyclic) bond motifs is 2. The zero-order chi connectivity index (χ0) is 27.3. The Morgan fingerprint density at radius 3 is 2.42 bits per heavy atom. The van der Waals surface area contributed by atoms with Crippen molar-refractivity contribution < 1.29 is 19.8 Å². The molecule has 8 nitrogen and oxygen atoms in total. The summed E-state index contributed by atoms with van der Waals surface area (Å²) in [6, 6.07) is 20.3. The fourth-order valence-corrected chi connectivity index (χ4v) is 4.66. The molecule has 0 unspecified atom stereocenters. The molecular weight excluding hydrogens is 480 g/mol. The monoisotopic (exact) mass is 514 g/mol. The van der Waals surface area contributed by atoms with Crippen molar-refractivity contribution in [2.75, 3.05) is 0 Å². The molecule has 1 heterocycles. The van der Waals surface area contributed by atoms with Crippen molar-refractivity contribution in [1.82, 2.24) is 15.3 Å². The van der Waals surface area contributed by atoms with Crippen LogP contribution in [0, 0.1) is 5.92 Å². The molecule has 3 aromatic carbocycles. The minimum Gasteiger partial charge on any atom is -0.391 e. The molecule has 1 aromatic heterocycles. The summed E-state index contributed by atoms with van der Waals surface area (Å²) in [5.41, 5.74) is 7.02. The highest BCUT2D eigenvalue weighted by Crippen LogP contribution is 2.24. The van der Waals surface area contributed by atoms with Crippen molar-refractivity contribution in [3.05, 3.63) is 84.2 Å². The molecule has 4 aromatic rings. The topological polar surface area (TPSA) is 138 Å². The van der Waals surface area contributed by atoms with Gasteiger partial charge in [-0.15, -0.1) is 0 Å². The van der Waals surface area contributed by atoms with Crippen LogP contribution in [-0.4, -0.2) is 49.7 Å². The van der Waals surface area contributed by atoms with Crippen LogP contribution in [0.15, 0.2) is 72.9 Å². The van der Waals surface area contributed by atoms with E-state index in [4.69, 9.17) is 5.73 Å². The Morgan fingerprint density at radius 1 is 1.00 bits per heavy atom. The summed E-state index contributed by atoms with van der Waals surface area (Å²) in [6.45, 7) is 3.32. The second kappa shape index (κ2) is 11.7. The number of nitrogens with two attached hydrogens (primary N) is 1. The molecule has 0 saturated carbocycles. The van der Waals surface area contributed by atoms with Crippen LogP contribution in [0.5, 0.6) is 0 Å². The van der Waals surface area contributed by atoms with Crippen LogP contribution in [-0.2, 0) is 11.2 Å². The van der Waals surface area contributed by atoms with Crippen molar-refractivity contribution in [2.45, 2.75) is 57.3 Å². The number of aliphatic hydroxyl groups excluding tert-OH is 1. The van der Waals surface area contributed by atoms with E-state index in [9.17, 15) is 19.8 Å². The zero-order valence-corrected chi connectivity index (χ0v) is 21.7. The molecule has 0 aliphatic heterocycles. The van der Waals surface area contributed by atoms with Crippen molar-refractivity contribution in [3.8, 4) is 0 Å². The maximum absolute atomic E-state index is 13.3. The highest BCUT2D eigenvalue weighted by atomic mass is 16.3. The number of benzene rings is 3. The normalized spacial score (nSPS) is 14.2. The molecule has 0 aliphatic rings. The summed E-state index contributed by atoms with van der Waals surface area (Å²) in [5.74, 6) is -1.69. The molecule has 198 valence electrons. The second-order valence-electron chi connectivity index (χ2n) is 10.4. The molecule has 4 rings (SSSR count). The summed E-state index contributed by atoms with van der Waals surface area (Å²) < 4.78 is 0. The number of hydrogen-bond acceptors (Lipinski definition) is 6. The second-order valence-corrected chi connectivity index (χ2v) is 10.4. The summed E-state index contributed by atoms with van der Waals surface area (Å²) in [5, 5.41) is 26.5. The number of carbonyl (C=O) groups excluding carboxylic acids is 2. The van der Waals surface area contributed by atoms with Crippen molar-refractivity contribution in [2.24, 2.45) is 11.7 Å². The lowest BCUT2D eigenvalue weighted by atomic mass is 9.87. The fourth-order valence-electron chi connectivity index (χ4n) is 4.66. The molecule has 0 radical (unpaired) electrons. The van der Waals surface area contributed by atoms with E-state index in [1.165, 1.54) is 6.20 Å². The van der Waals surface area contributed by atoms with Gasteiger partial charge in [-0.2, -0.15) is 0 Å². The molecule has 0 spiro atoms. The first-order valence-corrected chi connectivity index (χ1v) is 12.8. The third-order valence-electron chi connectivity index (χ3n) is 6.81. The number of nitrogens with zero attached hydrogens (tertiary/aromatic N) is 2. The van der Waals surface area contributed by atoms with Crippen LogP contribution in [0.4, 0.5) is 0 Å². The molecule has 5 N–H and O–H groups in total. The van der Waals surface area contributed by atoms with Gasteiger partial charge in [-0.1, -0.05) is 54.6 Å². The Bertz CT molecular complexity index is 1430. The molecular formula is C30H34N4O4. The Balaban J connectivity index is 1.61. The number of para-hydroxylation sites is 2. The Labute approximate surface area is 221 Å². The zero-order valence-electron chi connectivity index (χ0n) is 21.7. The number of aromatic nitrogens is 2. The Kier molecular flexibility index (Phi) is 8.34. The van der Waals surface area contributed by atoms with E-state index in [2.05, 4.69) is 15.3 Å². The van der Waals surface area contributed by atoms with E-state index in [-0.39, 0.29) is 12.1 Å². The third-order valence-corrected chi connectivity index (χ3v) is 6.81. The largest absolute Gasteiger partial charge is 0.391 e. The predicted molar refractivity (Wildman–Crippen MR) is 147 cm³/mol. The van der Waals surface area contributed by atoms with Gasteiger partial charge in [0.2, 0.25) is 5.91 Å². The average molecular weight is 515 g/mol. The van der Waals surface area contributed by atoms with E-state index in [0.29, 0.717) is 30.3 Å². The summed E-state index contributed by atoms with van der Waals surface area (Å²) >= 11 is 0. The van der Waals surface area contributed by atoms with Gasteiger partial charge in [-0.25, -0.2) is 4.98 Å². The summed E-state index contributed by atoms with van der Waals surface area (Å²) in [4.78, 5) is 34.2. The molecule has 0 bridgehead atoms. The number of nitrogens with one attached hydrogen (secondary N) is 1. The number of aliphatic hydroxyl groups is 2. The standard InChI is InChI=1S/C30H34N4O4/c1-30(2,38)15-14-21(28(31)36)17-27(35)25(16-20-10-7-9-19-8-3-4-11-22(19)20)34-29(37)26-18-32-23-12-5-6-13-24(23)33-26/h3-13,18,21,25,27,35,38H,14-17H2,1-2H3,(H2,31,36)(H,34,37)/t21-,25+,27+/m1/s1. The minimum atomic E-state index is -1.08. The van der Waals surface area contributed by atoms with Gasteiger partial charge in [0.05, 0.1) is 35.0 Å². The third kappa shape index (κ3) is 6.90. The quantitative estimate of drug-likeness (QED) is 0.242. The maximum Gasteiger partial charge on any atom is 0.271 e. The van der Waals surface area contributed by atoms with Crippen LogP contribution in [0.2, 0.25) is 0 Å². The van der Waals surface area contributed by atoms with Gasteiger partial charge in [0.15, 0.2) is 0 Å². The first-order valence-electron chi connectivity index (χ1n) is 12.8. The number of hydrogen-bond donors (Lipinski definition) is 4. The minimum absolute atomic E-state index is 0.0462. The predicted octanol–water partition coefficient (Wildman–Crippen LogP) is 3.53. The molecule has 8 heteroatoms. The lowest BCUT2D eigenvalue weighted by Crippen LogP contribution is -2.46. The van der Waals surface area contributed by atoms with Gasteiger partial charge in [0.1, 0.15) is 5.69 Å². The van der Waals surface area contributed by atoms with Gasteiger partial charge in [-0.05, 0) is 68.0 Å². The lowest BCUT2D eigenvalue weighted by Gasteiger charge is -2.28. The molecule has 0 aliphatic carbocycles. The summed E-state index contributed by atoms with van der Waals surface area (Å²) in [7, 11) is 0. The first-order chi connectivity index (χ1) is 18.1. The van der Waals surface area contributed by atoms with E-state index < -0.39 is 35.5 Å². The van der Waals surface area contributed by atoms with Crippen molar-refractivity contribution in [1.29, 1.82) is 0 Å². The lowest BCUT2D eigenvalue weighted by molar-refractivity contribution is -0.123. The Morgan fingerprint density at radius 2 is 1.68 bits per heavy atom. The first kappa shape index (κ1) is 27.2. The van der Waals surface area contributed by atoms with Crippen molar-refractivity contribution in [3.63, 3.8) is 0 Å². The van der Waals surface area contributed by atoms with E-state index in [1.807, 2.05) is 60.7 Å². The summed E-state index contributed by atoms with van der Waals surface area (Å²) in [6.07, 6.45) is 1.37. The van der Waals surface area contributed by atoms with Gasteiger partial charge in [-0.3, -0.25) is 14.6 Å². The van der Waals surface area contributed by atoms with Gasteiger partial charge in [0, 0.05) is 5.92 Å². The van der Waals surface area contributed by atoms with Gasteiger partial charge >= 0.3 is 0 Å².